The standard InChI is InChI=1S/C8H7I2NO4S/c1-16(13,14)11-8(12)15-7-3-2-5(9)4-6(7)10/h2-4H,1H3,(H,11,12)/p-1. The van der Waals surface area contributed by atoms with Crippen molar-refractivity contribution >= 4 is 61.3 Å². The van der Waals surface area contributed by atoms with Gasteiger partial charge in [-0.25, -0.2) is 8.42 Å². The molecule has 0 aliphatic carbocycles. The SMILES string of the molecule is CS(=O)(=O)/N=C(/[O-])Oc1ccc(I)cc1I. The van der Waals surface area contributed by atoms with Crippen LogP contribution in [0, 0.1) is 7.14 Å². The molecule has 1 rings (SSSR count). The molecule has 0 saturated heterocycles. The topological polar surface area (TPSA) is 78.8 Å². The Morgan fingerprint density at radius 3 is 2.56 bits per heavy atom. The predicted octanol–water partition coefficient (Wildman–Crippen LogP) is 0.950. The van der Waals surface area contributed by atoms with Crippen LogP contribution < -0.4 is 9.84 Å². The lowest BCUT2D eigenvalue weighted by Crippen LogP contribution is -2.26. The second kappa shape index (κ2) is 5.49. The van der Waals surface area contributed by atoms with Crippen molar-refractivity contribution in [3.63, 3.8) is 0 Å². The molecule has 0 aliphatic rings. The highest BCUT2D eigenvalue weighted by Gasteiger charge is 2.00. The van der Waals surface area contributed by atoms with Crippen LogP contribution in [0.1, 0.15) is 0 Å². The Morgan fingerprint density at radius 1 is 1.44 bits per heavy atom. The summed E-state index contributed by atoms with van der Waals surface area (Å²) in [5.74, 6) is 0.290. The molecule has 0 fully saturated rings. The van der Waals surface area contributed by atoms with Gasteiger partial charge in [-0.15, -0.1) is 4.40 Å². The third-order valence-electron chi connectivity index (χ3n) is 1.33. The minimum absolute atomic E-state index is 0.290. The average molecular weight is 466 g/mol. The van der Waals surface area contributed by atoms with Crippen molar-refractivity contribution < 1.29 is 18.3 Å². The summed E-state index contributed by atoms with van der Waals surface area (Å²) >= 11 is 4.10. The number of sulfonamides is 1. The molecule has 8 heteroatoms. The maximum Gasteiger partial charge on any atom is 0.251 e. The van der Waals surface area contributed by atoms with Gasteiger partial charge in [0.05, 0.1) is 6.26 Å². The van der Waals surface area contributed by atoms with E-state index in [9.17, 15) is 13.5 Å². The van der Waals surface area contributed by atoms with Crippen LogP contribution in [-0.2, 0) is 10.0 Å². The van der Waals surface area contributed by atoms with Crippen LogP contribution in [0.4, 0.5) is 0 Å². The Morgan fingerprint density at radius 2 is 2.06 bits per heavy atom. The Hall–Kier alpha value is -0.1000. The number of rotatable bonds is 2. The van der Waals surface area contributed by atoms with Gasteiger partial charge < -0.3 is 9.84 Å². The number of halogens is 2. The molecular weight excluding hydrogens is 460 g/mol. The molecule has 0 atom stereocenters. The van der Waals surface area contributed by atoms with Gasteiger partial charge in [-0.3, -0.25) is 0 Å². The number of benzene rings is 1. The van der Waals surface area contributed by atoms with Gasteiger partial charge in [0.1, 0.15) is 0 Å². The fourth-order valence-electron chi connectivity index (χ4n) is 0.806. The van der Waals surface area contributed by atoms with E-state index in [1.54, 1.807) is 18.2 Å². The highest BCUT2D eigenvalue weighted by atomic mass is 127. The van der Waals surface area contributed by atoms with Crippen molar-refractivity contribution in [2.24, 2.45) is 4.40 Å². The average Bonchev–Trinajstić information content (AvgIpc) is 2.06. The second-order valence-corrected chi connectivity index (χ2v) is 6.82. The number of hydrogen-bond donors (Lipinski definition) is 0. The molecule has 0 saturated carbocycles. The second-order valence-electron chi connectivity index (χ2n) is 2.77. The van der Waals surface area contributed by atoms with Crippen LogP contribution in [0.3, 0.4) is 0 Å². The molecule has 0 amide bonds. The van der Waals surface area contributed by atoms with Gasteiger partial charge in [0.15, 0.2) is 6.08 Å². The molecule has 0 bridgehead atoms. The highest BCUT2D eigenvalue weighted by molar-refractivity contribution is 14.1. The summed E-state index contributed by atoms with van der Waals surface area (Å²) in [4.78, 5) is 0. The van der Waals surface area contributed by atoms with Crippen LogP contribution in [0.25, 0.3) is 0 Å². The van der Waals surface area contributed by atoms with Gasteiger partial charge >= 0.3 is 0 Å². The van der Waals surface area contributed by atoms with E-state index in [4.69, 9.17) is 4.74 Å². The quantitative estimate of drug-likeness (QED) is 0.370. The number of nitrogens with zero attached hydrogens (tertiary/aromatic N) is 1. The number of hydrogen-bond acceptors (Lipinski definition) is 4. The molecule has 1 aromatic rings. The molecule has 5 nitrogen and oxygen atoms in total. The summed E-state index contributed by atoms with van der Waals surface area (Å²) in [5, 5.41) is 11.1. The lowest BCUT2D eigenvalue weighted by atomic mass is 10.3. The molecule has 0 spiro atoms. The van der Waals surface area contributed by atoms with Crippen molar-refractivity contribution in [1.29, 1.82) is 0 Å². The van der Waals surface area contributed by atoms with Gasteiger partial charge in [0.25, 0.3) is 10.0 Å². The zero-order valence-corrected chi connectivity index (χ0v) is 13.1. The molecule has 0 N–H and O–H groups in total. The van der Waals surface area contributed by atoms with E-state index >= 15 is 0 Å². The Kier molecular flexibility index (Phi) is 4.79. The molecule has 1 aromatic carbocycles. The zero-order chi connectivity index (χ0) is 12.3. The molecule has 0 radical (unpaired) electrons. The first-order valence-corrected chi connectivity index (χ1v) is 7.88. The van der Waals surface area contributed by atoms with Crippen molar-refractivity contribution in [2.75, 3.05) is 6.26 Å². The van der Waals surface area contributed by atoms with Crippen LogP contribution in [-0.4, -0.2) is 20.8 Å². The van der Waals surface area contributed by atoms with Crippen LogP contribution in [0.5, 0.6) is 5.75 Å². The van der Waals surface area contributed by atoms with Crippen LogP contribution in [0.15, 0.2) is 22.6 Å². The fourth-order valence-corrected chi connectivity index (χ4v) is 2.83. The van der Waals surface area contributed by atoms with Gasteiger partial charge in [-0.2, -0.15) is 0 Å². The Labute approximate surface area is 120 Å². The smallest absolute Gasteiger partial charge is 0.251 e. The maximum absolute atomic E-state index is 11.1. The summed E-state index contributed by atoms with van der Waals surface area (Å²) < 4.78 is 30.8. The first-order chi connectivity index (χ1) is 7.28. The van der Waals surface area contributed by atoms with Crippen molar-refractivity contribution in [2.45, 2.75) is 0 Å². The molecule has 16 heavy (non-hydrogen) atoms. The first-order valence-electron chi connectivity index (χ1n) is 3.88. The van der Waals surface area contributed by atoms with Gasteiger partial charge in [-0.1, -0.05) is 0 Å². The minimum atomic E-state index is -3.72. The molecular formula is C8H6I2NO4S-. The minimum Gasteiger partial charge on any atom is -0.565 e. The van der Waals surface area contributed by atoms with Gasteiger partial charge in [0, 0.05) is 12.9 Å². The summed E-state index contributed by atoms with van der Waals surface area (Å²) in [6.07, 6.45) is -0.311. The first kappa shape index (κ1) is 14.0. The largest absolute Gasteiger partial charge is 0.565 e. The lowest BCUT2D eigenvalue weighted by Gasteiger charge is -2.15. The van der Waals surface area contributed by atoms with E-state index in [0.717, 1.165) is 9.83 Å². The zero-order valence-electron chi connectivity index (χ0n) is 7.98. The normalized spacial score (nSPS) is 12.6. The Balaban J connectivity index is 2.94. The highest BCUT2D eigenvalue weighted by Crippen LogP contribution is 2.22. The van der Waals surface area contributed by atoms with Crippen LogP contribution >= 0.6 is 45.2 Å². The van der Waals surface area contributed by atoms with Gasteiger partial charge in [0.2, 0.25) is 0 Å². The lowest BCUT2D eigenvalue weighted by molar-refractivity contribution is -0.239. The maximum atomic E-state index is 11.1. The van der Waals surface area contributed by atoms with E-state index in [-0.39, 0.29) is 0 Å². The van der Waals surface area contributed by atoms with Gasteiger partial charge in [-0.05, 0) is 63.4 Å². The molecule has 88 valence electrons. The summed E-state index contributed by atoms with van der Waals surface area (Å²) in [6, 6.07) is 5.12. The molecule has 0 unspecified atom stereocenters. The van der Waals surface area contributed by atoms with Crippen LogP contribution in [0.2, 0.25) is 0 Å². The third kappa shape index (κ3) is 4.82. The van der Waals surface area contributed by atoms with E-state index < -0.39 is 16.1 Å². The van der Waals surface area contributed by atoms with E-state index in [1.807, 2.05) is 22.6 Å². The number of ether oxygens (including phenoxy) is 1. The third-order valence-corrected chi connectivity index (χ3v) is 3.33. The Bertz CT molecular complexity index is 527. The molecule has 0 heterocycles. The fraction of sp³-hybridized carbons (Fsp3) is 0.125. The van der Waals surface area contributed by atoms with Crippen molar-refractivity contribution in [1.82, 2.24) is 0 Å². The molecule has 0 aliphatic heterocycles. The molecule has 0 aromatic heterocycles. The van der Waals surface area contributed by atoms with E-state index in [0.29, 0.717) is 9.32 Å². The predicted molar refractivity (Wildman–Crippen MR) is 74.8 cm³/mol. The summed E-state index contributed by atoms with van der Waals surface area (Å²) in [5.41, 5.74) is 0. The van der Waals surface area contributed by atoms with E-state index in [2.05, 4.69) is 27.0 Å². The summed E-state index contributed by atoms with van der Waals surface area (Å²) in [6.45, 7) is 0. The van der Waals surface area contributed by atoms with E-state index in [1.165, 1.54) is 0 Å². The monoisotopic (exact) mass is 466 g/mol. The van der Waals surface area contributed by atoms with Crippen molar-refractivity contribution in [3.05, 3.63) is 25.3 Å². The summed E-state index contributed by atoms with van der Waals surface area (Å²) in [7, 11) is -3.72. The van der Waals surface area contributed by atoms with Crippen molar-refractivity contribution in [3.8, 4) is 5.75 Å².